The summed E-state index contributed by atoms with van der Waals surface area (Å²) in [5, 5.41) is 2.95. The summed E-state index contributed by atoms with van der Waals surface area (Å²) in [5.74, 6) is 1.07. The van der Waals surface area contributed by atoms with Crippen LogP contribution in [0.4, 0.5) is 4.79 Å². The first-order valence-corrected chi connectivity index (χ1v) is 13.0. The molecule has 37 heavy (non-hydrogen) atoms. The van der Waals surface area contributed by atoms with Gasteiger partial charge < -0.3 is 24.4 Å². The number of rotatable bonds is 8. The molecular formula is C27H38N4O6. The van der Waals surface area contributed by atoms with Crippen LogP contribution in [0.1, 0.15) is 44.2 Å². The SMILES string of the molecule is CCOC(=O)C1=C(CN2CCCN(C(=O)C3CCC3)CC2)N(C)C(=O)N[C@H]1c1cc(OC)cc(OC)c1. The van der Waals surface area contributed by atoms with Crippen LogP contribution in [0, 0.1) is 5.92 Å². The Morgan fingerprint density at radius 1 is 1.00 bits per heavy atom. The Morgan fingerprint density at radius 2 is 1.70 bits per heavy atom. The molecule has 202 valence electrons. The fourth-order valence-corrected chi connectivity index (χ4v) is 5.12. The molecule has 0 bridgehead atoms. The lowest BCUT2D eigenvalue weighted by Gasteiger charge is -2.36. The predicted octanol–water partition coefficient (Wildman–Crippen LogP) is 2.55. The number of amides is 3. The van der Waals surface area contributed by atoms with Gasteiger partial charge in [-0.2, -0.15) is 0 Å². The second-order valence-electron chi connectivity index (χ2n) is 9.75. The largest absolute Gasteiger partial charge is 0.497 e. The van der Waals surface area contributed by atoms with Crippen molar-refractivity contribution in [1.82, 2.24) is 20.0 Å². The van der Waals surface area contributed by atoms with E-state index in [9.17, 15) is 14.4 Å². The first-order chi connectivity index (χ1) is 17.9. The molecule has 1 saturated carbocycles. The van der Waals surface area contributed by atoms with Crippen LogP contribution in [0.25, 0.3) is 0 Å². The van der Waals surface area contributed by atoms with Crippen molar-refractivity contribution in [2.45, 2.75) is 38.6 Å². The molecule has 1 aliphatic carbocycles. The zero-order valence-electron chi connectivity index (χ0n) is 22.2. The quantitative estimate of drug-likeness (QED) is 0.532. The summed E-state index contributed by atoms with van der Waals surface area (Å²) in [4.78, 5) is 44.9. The summed E-state index contributed by atoms with van der Waals surface area (Å²) in [5.41, 5.74) is 1.63. The maximum absolute atomic E-state index is 13.3. The summed E-state index contributed by atoms with van der Waals surface area (Å²) < 4.78 is 16.3. The summed E-state index contributed by atoms with van der Waals surface area (Å²) in [7, 11) is 4.77. The molecule has 0 spiro atoms. The van der Waals surface area contributed by atoms with Crippen molar-refractivity contribution in [3.63, 3.8) is 0 Å². The first kappa shape index (κ1) is 26.8. The van der Waals surface area contributed by atoms with E-state index >= 15 is 0 Å². The Labute approximate surface area is 218 Å². The minimum atomic E-state index is -0.731. The van der Waals surface area contributed by atoms with Crippen LogP contribution in [-0.4, -0.2) is 93.2 Å². The molecule has 10 nitrogen and oxygen atoms in total. The predicted molar refractivity (Wildman–Crippen MR) is 137 cm³/mol. The summed E-state index contributed by atoms with van der Waals surface area (Å²) in [6, 6.07) is 4.26. The Balaban J connectivity index is 1.64. The molecule has 2 aliphatic heterocycles. The highest BCUT2D eigenvalue weighted by Gasteiger charge is 2.38. The fourth-order valence-electron chi connectivity index (χ4n) is 5.12. The number of urea groups is 1. The Kier molecular flexibility index (Phi) is 8.58. The van der Waals surface area contributed by atoms with Crippen LogP contribution in [-0.2, 0) is 14.3 Å². The third kappa shape index (κ3) is 5.84. The first-order valence-electron chi connectivity index (χ1n) is 13.0. The Morgan fingerprint density at radius 3 is 2.30 bits per heavy atom. The lowest BCUT2D eigenvalue weighted by Crippen LogP contribution is -2.49. The maximum Gasteiger partial charge on any atom is 0.338 e. The van der Waals surface area contributed by atoms with E-state index < -0.39 is 12.0 Å². The number of hydrogen-bond donors (Lipinski definition) is 1. The van der Waals surface area contributed by atoms with Gasteiger partial charge in [0.25, 0.3) is 0 Å². The number of hydrogen-bond acceptors (Lipinski definition) is 7. The molecule has 0 radical (unpaired) electrons. The number of nitrogens with one attached hydrogen (secondary N) is 1. The van der Waals surface area contributed by atoms with E-state index in [1.807, 2.05) is 4.90 Å². The smallest absolute Gasteiger partial charge is 0.338 e. The third-order valence-corrected chi connectivity index (χ3v) is 7.51. The van der Waals surface area contributed by atoms with Crippen LogP contribution >= 0.6 is 0 Å². The van der Waals surface area contributed by atoms with Gasteiger partial charge in [0, 0.05) is 57.5 Å². The fraction of sp³-hybridized carbons (Fsp3) is 0.593. The normalized spacial score (nSPS) is 21.2. The average Bonchev–Trinajstić information content (AvgIpc) is 3.10. The number of likely N-dealkylation sites (N-methyl/N-ethyl adjacent to an activating group) is 1. The highest BCUT2D eigenvalue weighted by atomic mass is 16.5. The van der Waals surface area contributed by atoms with Crippen LogP contribution in [0.3, 0.4) is 0 Å². The number of carbonyl (C=O) groups is 3. The zero-order valence-corrected chi connectivity index (χ0v) is 22.2. The van der Waals surface area contributed by atoms with Crippen molar-refractivity contribution < 1.29 is 28.6 Å². The molecule has 0 unspecified atom stereocenters. The number of carbonyl (C=O) groups excluding carboxylic acids is 3. The van der Waals surface area contributed by atoms with E-state index in [0.29, 0.717) is 48.0 Å². The van der Waals surface area contributed by atoms with Crippen LogP contribution in [0.2, 0.25) is 0 Å². The van der Waals surface area contributed by atoms with E-state index in [1.54, 1.807) is 46.4 Å². The van der Waals surface area contributed by atoms with Gasteiger partial charge in [-0.25, -0.2) is 9.59 Å². The van der Waals surface area contributed by atoms with Gasteiger partial charge in [0.15, 0.2) is 0 Å². The van der Waals surface area contributed by atoms with Crippen molar-refractivity contribution in [2.75, 3.05) is 60.6 Å². The number of ether oxygens (including phenoxy) is 3. The number of benzene rings is 1. The second-order valence-corrected chi connectivity index (χ2v) is 9.75. The second kappa shape index (κ2) is 11.9. The highest BCUT2D eigenvalue weighted by molar-refractivity contribution is 5.95. The van der Waals surface area contributed by atoms with Gasteiger partial charge in [-0.3, -0.25) is 14.6 Å². The molecule has 1 N–H and O–H groups in total. The van der Waals surface area contributed by atoms with Gasteiger partial charge in [0.2, 0.25) is 5.91 Å². The molecule has 3 aliphatic rings. The van der Waals surface area contributed by atoms with Crippen molar-refractivity contribution in [1.29, 1.82) is 0 Å². The van der Waals surface area contributed by atoms with Crippen molar-refractivity contribution in [3.05, 3.63) is 35.0 Å². The van der Waals surface area contributed by atoms with Gasteiger partial charge in [0.05, 0.1) is 32.4 Å². The molecular weight excluding hydrogens is 476 g/mol. The van der Waals surface area contributed by atoms with Crippen molar-refractivity contribution >= 4 is 17.9 Å². The third-order valence-electron chi connectivity index (χ3n) is 7.51. The minimum absolute atomic E-state index is 0.179. The Bertz CT molecular complexity index is 1030. The van der Waals surface area contributed by atoms with E-state index in [0.717, 1.165) is 38.8 Å². The summed E-state index contributed by atoms with van der Waals surface area (Å²) in [6.07, 6.45) is 3.96. The van der Waals surface area contributed by atoms with Gasteiger partial charge in [0.1, 0.15) is 11.5 Å². The molecule has 1 atom stereocenters. The van der Waals surface area contributed by atoms with E-state index in [1.165, 1.54) is 4.90 Å². The maximum atomic E-state index is 13.3. The van der Waals surface area contributed by atoms with Gasteiger partial charge in [-0.05, 0) is 43.9 Å². The van der Waals surface area contributed by atoms with Gasteiger partial charge in [-0.1, -0.05) is 6.42 Å². The Hall–Kier alpha value is -3.27. The zero-order chi connectivity index (χ0) is 26.5. The highest BCUT2D eigenvalue weighted by Crippen LogP contribution is 2.35. The lowest BCUT2D eigenvalue weighted by atomic mass is 9.84. The van der Waals surface area contributed by atoms with E-state index in [2.05, 4.69) is 10.2 Å². The van der Waals surface area contributed by atoms with Gasteiger partial charge >= 0.3 is 12.0 Å². The molecule has 4 rings (SSSR count). The molecule has 10 heteroatoms. The molecule has 1 aromatic carbocycles. The molecule has 3 amide bonds. The van der Waals surface area contributed by atoms with E-state index in [-0.39, 0.29) is 24.5 Å². The van der Waals surface area contributed by atoms with Crippen molar-refractivity contribution in [2.24, 2.45) is 5.92 Å². The molecule has 2 heterocycles. The molecule has 1 saturated heterocycles. The molecule has 2 fully saturated rings. The van der Waals surface area contributed by atoms with Crippen LogP contribution < -0.4 is 14.8 Å². The van der Waals surface area contributed by atoms with Crippen LogP contribution in [0.5, 0.6) is 11.5 Å². The van der Waals surface area contributed by atoms with E-state index in [4.69, 9.17) is 14.2 Å². The number of esters is 1. The topological polar surface area (TPSA) is 101 Å². The summed E-state index contributed by atoms with van der Waals surface area (Å²) >= 11 is 0. The summed E-state index contributed by atoms with van der Waals surface area (Å²) in [6.45, 7) is 5.17. The van der Waals surface area contributed by atoms with Gasteiger partial charge in [-0.15, -0.1) is 0 Å². The number of nitrogens with zero attached hydrogens (tertiary/aromatic N) is 3. The number of methoxy groups -OCH3 is 2. The van der Waals surface area contributed by atoms with Crippen LogP contribution in [0.15, 0.2) is 29.5 Å². The lowest BCUT2D eigenvalue weighted by molar-refractivity contribution is -0.139. The van der Waals surface area contributed by atoms with Crippen molar-refractivity contribution in [3.8, 4) is 11.5 Å². The standard InChI is InChI=1S/C27H38N4O6/c1-5-37-26(33)23-22(17-30-10-7-11-31(13-12-30)25(32)18-8-6-9-18)29(2)27(34)28-24(23)19-14-20(35-3)16-21(15-19)36-4/h14-16,18,24H,5-13,17H2,1-4H3,(H,28,34)/t24-/m0/s1. The average molecular weight is 515 g/mol. The monoisotopic (exact) mass is 514 g/mol. The molecule has 1 aromatic rings. The minimum Gasteiger partial charge on any atom is -0.497 e. The molecule has 0 aromatic heterocycles.